The van der Waals surface area contributed by atoms with E-state index in [-0.39, 0.29) is 6.67 Å². The fourth-order valence-electron chi connectivity index (χ4n) is 4.29. The highest BCUT2D eigenvalue weighted by molar-refractivity contribution is 4.82. The molecule has 2 aliphatic carbocycles. The molecule has 0 atom stereocenters. The molecule has 0 N–H and O–H groups in total. The SMILES string of the molecule is CCCC1CCC(C2CCC(OCCF)CC2)CC1. The van der Waals surface area contributed by atoms with Crippen LogP contribution in [0.15, 0.2) is 0 Å². The summed E-state index contributed by atoms with van der Waals surface area (Å²) >= 11 is 0. The average Bonchev–Trinajstić information content (AvgIpc) is 2.47. The van der Waals surface area contributed by atoms with Gasteiger partial charge in [-0.15, -0.1) is 0 Å². The van der Waals surface area contributed by atoms with Gasteiger partial charge in [0.1, 0.15) is 6.67 Å². The lowest BCUT2D eigenvalue weighted by molar-refractivity contribution is 0.00164. The van der Waals surface area contributed by atoms with Crippen molar-refractivity contribution in [3.8, 4) is 0 Å². The lowest BCUT2D eigenvalue weighted by Gasteiger charge is -2.37. The van der Waals surface area contributed by atoms with Crippen LogP contribution in [0.2, 0.25) is 0 Å². The van der Waals surface area contributed by atoms with Crippen molar-refractivity contribution >= 4 is 0 Å². The van der Waals surface area contributed by atoms with Gasteiger partial charge in [0.05, 0.1) is 12.7 Å². The number of rotatable bonds is 6. The number of hydrogen-bond donors (Lipinski definition) is 0. The molecule has 0 aromatic carbocycles. The normalized spacial score (nSPS) is 36.3. The Hall–Kier alpha value is -0.110. The predicted molar refractivity (Wildman–Crippen MR) is 78.0 cm³/mol. The van der Waals surface area contributed by atoms with Gasteiger partial charge in [-0.3, -0.25) is 0 Å². The van der Waals surface area contributed by atoms with E-state index in [0.29, 0.717) is 12.7 Å². The van der Waals surface area contributed by atoms with Crippen LogP contribution >= 0.6 is 0 Å². The summed E-state index contributed by atoms with van der Waals surface area (Å²) < 4.78 is 17.6. The van der Waals surface area contributed by atoms with E-state index < -0.39 is 0 Å². The third-order valence-corrected chi connectivity index (χ3v) is 5.40. The van der Waals surface area contributed by atoms with Gasteiger partial charge in [0.25, 0.3) is 0 Å². The van der Waals surface area contributed by atoms with Gasteiger partial charge in [-0.05, 0) is 56.3 Å². The lowest BCUT2D eigenvalue weighted by Crippen LogP contribution is -2.29. The van der Waals surface area contributed by atoms with Gasteiger partial charge in [-0.25, -0.2) is 4.39 Å². The molecule has 1 nitrogen and oxygen atoms in total. The van der Waals surface area contributed by atoms with Crippen LogP contribution in [0.1, 0.15) is 71.1 Å². The summed E-state index contributed by atoms with van der Waals surface area (Å²) in [5, 5.41) is 0. The van der Waals surface area contributed by atoms with E-state index in [4.69, 9.17) is 4.74 Å². The van der Waals surface area contributed by atoms with E-state index in [1.54, 1.807) is 0 Å². The second-order valence-electron chi connectivity index (χ2n) is 6.67. The summed E-state index contributed by atoms with van der Waals surface area (Å²) in [4.78, 5) is 0. The Morgan fingerprint density at radius 2 is 1.47 bits per heavy atom. The van der Waals surface area contributed by atoms with Gasteiger partial charge in [0.15, 0.2) is 0 Å². The summed E-state index contributed by atoms with van der Waals surface area (Å²) in [7, 11) is 0. The largest absolute Gasteiger partial charge is 0.376 e. The summed E-state index contributed by atoms with van der Waals surface area (Å²) in [5.74, 6) is 2.94. The molecule has 0 aromatic rings. The minimum atomic E-state index is -0.332. The van der Waals surface area contributed by atoms with Crippen molar-refractivity contribution in [2.75, 3.05) is 13.3 Å². The maximum absolute atomic E-state index is 12.1. The monoisotopic (exact) mass is 270 g/mol. The summed E-state index contributed by atoms with van der Waals surface area (Å²) in [5.41, 5.74) is 0. The van der Waals surface area contributed by atoms with Crippen molar-refractivity contribution in [2.45, 2.75) is 77.2 Å². The second kappa shape index (κ2) is 8.24. The molecule has 0 radical (unpaired) electrons. The zero-order valence-electron chi connectivity index (χ0n) is 12.6. The van der Waals surface area contributed by atoms with Gasteiger partial charge in [0, 0.05) is 0 Å². The highest BCUT2D eigenvalue weighted by atomic mass is 19.1. The molecule has 19 heavy (non-hydrogen) atoms. The Morgan fingerprint density at radius 1 is 0.895 bits per heavy atom. The first-order valence-electron chi connectivity index (χ1n) is 8.51. The maximum atomic E-state index is 12.1. The van der Waals surface area contributed by atoms with E-state index in [1.165, 1.54) is 64.2 Å². The number of halogens is 1. The Labute approximate surface area is 118 Å². The molecule has 112 valence electrons. The first-order valence-corrected chi connectivity index (χ1v) is 8.51. The molecule has 0 amide bonds. The summed E-state index contributed by atoms with van der Waals surface area (Å²) in [6, 6.07) is 0. The zero-order valence-corrected chi connectivity index (χ0v) is 12.6. The zero-order chi connectivity index (χ0) is 13.5. The van der Waals surface area contributed by atoms with Crippen LogP contribution in [0.25, 0.3) is 0 Å². The fraction of sp³-hybridized carbons (Fsp3) is 1.00. The Kier molecular flexibility index (Phi) is 6.63. The Bertz CT molecular complexity index is 227. The van der Waals surface area contributed by atoms with E-state index in [0.717, 1.165) is 17.8 Å². The van der Waals surface area contributed by atoms with Crippen molar-refractivity contribution in [1.29, 1.82) is 0 Å². The Morgan fingerprint density at radius 3 is 2.00 bits per heavy atom. The molecule has 2 aliphatic rings. The lowest BCUT2D eigenvalue weighted by atomic mass is 9.70. The smallest absolute Gasteiger partial charge is 0.113 e. The molecule has 0 unspecified atom stereocenters. The van der Waals surface area contributed by atoms with Gasteiger partial charge >= 0.3 is 0 Å². The van der Waals surface area contributed by atoms with Crippen molar-refractivity contribution in [2.24, 2.45) is 17.8 Å². The van der Waals surface area contributed by atoms with Crippen LogP contribution < -0.4 is 0 Å². The maximum Gasteiger partial charge on any atom is 0.113 e. The van der Waals surface area contributed by atoms with Gasteiger partial charge in [-0.1, -0.05) is 32.6 Å². The topological polar surface area (TPSA) is 9.23 Å². The molecule has 2 fully saturated rings. The molecular weight excluding hydrogens is 239 g/mol. The average molecular weight is 270 g/mol. The molecule has 0 spiro atoms. The molecule has 0 aliphatic heterocycles. The highest BCUT2D eigenvalue weighted by Gasteiger charge is 2.30. The van der Waals surface area contributed by atoms with Crippen molar-refractivity contribution in [3.05, 3.63) is 0 Å². The van der Waals surface area contributed by atoms with Crippen molar-refractivity contribution in [3.63, 3.8) is 0 Å². The van der Waals surface area contributed by atoms with Crippen LogP contribution in [0.3, 0.4) is 0 Å². The molecular formula is C17H31FO. The van der Waals surface area contributed by atoms with Crippen LogP contribution in [0, 0.1) is 17.8 Å². The third kappa shape index (κ3) is 4.73. The molecule has 0 bridgehead atoms. The van der Waals surface area contributed by atoms with E-state index >= 15 is 0 Å². The molecule has 0 aromatic heterocycles. The predicted octanol–water partition coefficient (Wildman–Crippen LogP) is 5.14. The molecule has 0 heterocycles. The summed E-state index contributed by atoms with van der Waals surface area (Å²) in [6.07, 6.45) is 14.0. The highest BCUT2D eigenvalue weighted by Crippen LogP contribution is 2.41. The summed E-state index contributed by atoms with van der Waals surface area (Å²) in [6.45, 7) is 2.28. The molecule has 0 saturated heterocycles. The second-order valence-corrected chi connectivity index (χ2v) is 6.67. The van der Waals surface area contributed by atoms with Crippen LogP contribution in [0.5, 0.6) is 0 Å². The minimum Gasteiger partial charge on any atom is -0.376 e. The minimum absolute atomic E-state index is 0.303. The van der Waals surface area contributed by atoms with Crippen LogP contribution in [-0.2, 0) is 4.74 Å². The molecule has 2 heteroatoms. The van der Waals surface area contributed by atoms with Gasteiger partial charge in [-0.2, -0.15) is 0 Å². The quantitative estimate of drug-likeness (QED) is 0.649. The van der Waals surface area contributed by atoms with E-state index in [9.17, 15) is 4.39 Å². The standard InChI is InChI=1S/C17H31FO/c1-2-3-14-4-6-15(7-5-14)16-8-10-17(11-9-16)19-13-12-18/h14-17H,2-13H2,1H3. The van der Waals surface area contributed by atoms with E-state index in [1.807, 2.05) is 0 Å². The van der Waals surface area contributed by atoms with Crippen LogP contribution in [-0.4, -0.2) is 19.4 Å². The fourth-order valence-corrected chi connectivity index (χ4v) is 4.29. The Balaban J connectivity index is 1.65. The number of hydrogen-bond acceptors (Lipinski definition) is 1. The van der Waals surface area contributed by atoms with Gasteiger partial charge < -0.3 is 4.74 Å². The third-order valence-electron chi connectivity index (χ3n) is 5.40. The van der Waals surface area contributed by atoms with Crippen molar-refractivity contribution < 1.29 is 9.13 Å². The number of ether oxygens (including phenoxy) is 1. The van der Waals surface area contributed by atoms with Crippen LogP contribution in [0.4, 0.5) is 4.39 Å². The first kappa shape index (κ1) is 15.3. The molecule has 2 rings (SSSR count). The first-order chi connectivity index (χ1) is 9.33. The van der Waals surface area contributed by atoms with Crippen molar-refractivity contribution in [1.82, 2.24) is 0 Å². The van der Waals surface area contributed by atoms with Gasteiger partial charge in [0.2, 0.25) is 0 Å². The number of alkyl halides is 1. The molecule has 2 saturated carbocycles. The van der Waals surface area contributed by atoms with E-state index in [2.05, 4.69) is 6.92 Å².